The predicted octanol–water partition coefficient (Wildman–Crippen LogP) is 3.38. The minimum Gasteiger partial charge on any atom is -0.326 e. The average Bonchev–Trinajstić information content (AvgIpc) is 2.89. The minimum absolute atomic E-state index is 0.547. The van der Waals surface area contributed by atoms with Crippen molar-refractivity contribution < 1.29 is 0 Å². The van der Waals surface area contributed by atoms with Gasteiger partial charge in [0, 0.05) is 23.0 Å². The van der Waals surface area contributed by atoms with Crippen LogP contribution in [0.5, 0.6) is 0 Å². The van der Waals surface area contributed by atoms with Gasteiger partial charge in [-0.05, 0) is 17.9 Å². The number of aromatic nitrogens is 2. The van der Waals surface area contributed by atoms with E-state index >= 15 is 0 Å². The molecule has 0 saturated carbocycles. The Labute approximate surface area is 116 Å². The minimum atomic E-state index is 0.547. The van der Waals surface area contributed by atoms with Crippen LogP contribution in [-0.2, 0) is 13.0 Å². The van der Waals surface area contributed by atoms with Crippen molar-refractivity contribution in [2.24, 2.45) is 5.73 Å². The van der Waals surface area contributed by atoms with Gasteiger partial charge in [0.15, 0.2) is 0 Å². The Bertz CT molecular complexity index is 691. The zero-order valence-corrected chi connectivity index (χ0v) is 11.6. The summed E-state index contributed by atoms with van der Waals surface area (Å²) in [5, 5.41) is 3.30. The summed E-state index contributed by atoms with van der Waals surface area (Å²) in [5.74, 6) is 0. The highest BCUT2D eigenvalue weighted by molar-refractivity contribution is 7.15. The first-order valence-electron chi connectivity index (χ1n) is 6.36. The summed E-state index contributed by atoms with van der Waals surface area (Å²) in [7, 11) is 0. The maximum atomic E-state index is 5.78. The van der Waals surface area contributed by atoms with E-state index in [0.717, 1.165) is 33.1 Å². The SMILES string of the molecule is CCc1nc(-c2nccc3ccccc23)sc1CN. The van der Waals surface area contributed by atoms with Crippen molar-refractivity contribution >= 4 is 22.1 Å². The maximum Gasteiger partial charge on any atom is 0.143 e. The Balaban J connectivity index is 2.21. The molecule has 0 fully saturated rings. The molecule has 3 nitrogen and oxygen atoms in total. The summed E-state index contributed by atoms with van der Waals surface area (Å²) in [5.41, 5.74) is 7.83. The lowest BCUT2D eigenvalue weighted by molar-refractivity contribution is 0.989. The fraction of sp³-hybridized carbons (Fsp3) is 0.200. The van der Waals surface area contributed by atoms with Gasteiger partial charge in [-0.1, -0.05) is 31.2 Å². The molecule has 96 valence electrons. The number of nitrogens with zero attached hydrogens (tertiary/aromatic N) is 2. The largest absolute Gasteiger partial charge is 0.326 e. The molecule has 2 heterocycles. The van der Waals surface area contributed by atoms with Crippen LogP contribution in [0.15, 0.2) is 36.5 Å². The molecule has 0 bridgehead atoms. The third-order valence-corrected chi connectivity index (χ3v) is 4.30. The Hall–Kier alpha value is -1.78. The van der Waals surface area contributed by atoms with Crippen molar-refractivity contribution in [1.82, 2.24) is 9.97 Å². The van der Waals surface area contributed by atoms with Crippen LogP contribution in [-0.4, -0.2) is 9.97 Å². The van der Waals surface area contributed by atoms with Gasteiger partial charge in [-0.2, -0.15) is 0 Å². The van der Waals surface area contributed by atoms with E-state index in [0.29, 0.717) is 6.54 Å². The number of pyridine rings is 1. The van der Waals surface area contributed by atoms with E-state index in [4.69, 9.17) is 10.7 Å². The van der Waals surface area contributed by atoms with Crippen LogP contribution in [0.2, 0.25) is 0 Å². The summed E-state index contributed by atoms with van der Waals surface area (Å²) in [6.45, 7) is 2.65. The second-order valence-corrected chi connectivity index (χ2v) is 5.41. The Kier molecular flexibility index (Phi) is 3.27. The lowest BCUT2D eigenvalue weighted by atomic mass is 10.1. The molecule has 0 amide bonds. The van der Waals surface area contributed by atoms with E-state index in [9.17, 15) is 0 Å². The molecule has 3 rings (SSSR count). The molecular weight excluding hydrogens is 254 g/mol. The molecule has 3 aromatic rings. The fourth-order valence-corrected chi connectivity index (χ4v) is 3.25. The number of rotatable bonds is 3. The van der Waals surface area contributed by atoms with Crippen LogP contribution in [0.25, 0.3) is 21.5 Å². The molecule has 0 aliphatic carbocycles. The monoisotopic (exact) mass is 269 g/mol. The molecule has 0 aliphatic rings. The van der Waals surface area contributed by atoms with Crippen molar-refractivity contribution in [2.45, 2.75) is 19.9 Å². The molecule has 4 heteroatoms. The summed E-state index contributed by atoms with van der Waals surface area (Å²) in [6, 6.07) is 10.3. The van der Waals surface area contributed by atoms with E-state index < -0.39 is 0 Å². The molecule has 2 aromatic heterocycles. The van der Waals surface area contributed by atoms with Gasteiger partial charge in [-0.3, -0.25) is 4.98 Å². The number of aryl methyl sites for hydroxylation is 1. The molecule has 0 atom stereocenters. The smallest absolute Gasteiger partial charge is 0.143 e. The lowest BCUT2D eigenvalue weighted by Crippen LogP contribution is -1.96. The molecule has 0 unspecified atom stereocenters. The second-order valence-electron chi connectivity index (χ2n) is 4.33. The number of hydrogen-bond acceptors (Lipinski definition) is 4. The van der Waals surface area contributed by atoms with Gasteiger partial charge in [-0.25, -0.2) is 4.98 Å². The van der Waals surface area contributed by atoms with Gasteiger partial charge >= 0.3 is 0 Å². The van der Waals surface area contributed by atoms with Crippen LogP contribution < -0.4 is 5.73 Å². The van der Waals surface area contributed by atoms with Crippen molar-refractivity contribution in [2.75, 3.05) is 0 Å². The Morgan fingerprint density at radius 3 is 2.79 bits per heavy atom. The quantitative estimate of drug-likeness (QED) is 0.793. The lowest BCUT2D eigenvalue weighted by Gasteiger charge is -2.01. The molecule has 0 spiro atoms. The standard InChI is InChI=1S/C15H15N3S/c1-2-12-13(9-16)19-15(18-12)14-11-6-4-3-5-10(11)7-8-17-14/h3-8H,2,9,16H2,1H3. The molecular formula is C15H15N3S. The number of fused-ring (bicyclic) bond motifs is 1. The molecule has 0 radical (unpaired) electrons. The maximum absolute atomic E-state index is 5.78. The van der Waals surface area contributed by atoms with Crippen molar-refractivity contribution in [3.63, 3.8) is 0 Å². The van der Waals surface area contributed by atoms with Gasteiger partial charge < -0.3 is 5.73 Å². The third-order valence-electron chi connectivity index (χ3n) is 3.17. The highest BCUT2D eigenvalue weighted by Crippen LogP contribution is 2.31. The molecule has 2 N–H and O–H groups in total. The number of thiazole rings is 1. The van der Waals surface area contributed by atoms with Gasteiger partial charge in [0.25, 0.3) is 0 Å². The third kappa shape index (κ3) is 2.13. The van der Waals surface area contributed by atoms with Crippen molar-refractivity contribution in [3.8, 4) is 10.7 Å². The Morgan fingerprint density at radius 2 is 2.05 bits per heavy atom. The first kappa shape index (κ1) is 12.3. The number of hydrogen-bond donors (Lipinski definition) is 1. The Morgan fingerprint density at radius 1 is 1.21 bits per heavy atom. The van der Waals surface area contributed by atoms with Gasteiger partial charge in [-0.15, -0.1) is 11.3 Å². The van der Waals surface area contributed by atoms with Gasteiger partial charge in [0.05, 0.1) is 5.69 Å². The highest BCUT2D eigenvalue weighted by atomic mass is 32.1. The van der Waals surface area contributed by atoms with Crippen molar-refractivity contribution in [3.05, 3.63) is 47.1 Å². The highest BCUT2D eigenvalue weighted by Gasteiger charge is 2.13. The van der Waals surface area contributed by atoms with Crippen LogP contribution in [0.4, 0.5) is 0 Å². The number of nitrogens with two attached hydrogens (primary N) is 1. The summed E-state index contributed by atoms with van der Waals surface area (Å²) in [6.07, 6.45) is 2.75. The van der Waals surface area contributed by atoms with Crippen molar-refractivity contribution in [1.29, 1.82) is 0 Å². The first-order chi connectivity index (χ1) is 9.33. The normalized spacial score (nSPS) is 11.1. The second kappa shape index (κ2) is 5.07. The van der Waals surface area contributed by atoms with Crippen LogP contribution in [0.1, 0.15) is 17.5 Å². The van der Waals surface area contributed by atoms with E-state index in [-0.39, 0.29) is 0 Å². The number of benzene rings is 1. The zero-order valence-electron chi connectivity index (χ0n) is 10.8. The molecule has 0 saturated heterocycles. The van der Waals surface area contributed by atoms with Gasteiger partial charge in [0.1, 0.15) is 10.7 Å². The summed E-state index contributed by atoms with van der Waals surface area (Å²) >= 11 is 1.65. The van der Waals surface area contributed by atoms with E-state index in [1.807, 2.05) is 24.4 Å². The van der Waals surface area contributed by atoms with E-state index in [1.165, 1.54) is 5.39 Å². The topological polar surface area (TPSA) is 51.8 Å². The molecule has 19 heavy (non-hydrogen) atoms. The molecule has 1 aromatic carbocycles. The summed E-state index contributed by atoms with van der Waals surface area (Å²) in [4.78, 5) is 10.4. The molecule has 0 aliphatic heterocycles. The van der Waals surface area contributed by atoms with Crippen LogP contribution in [0, 0.1) is 0 Å². The van der Waals surface area contributed by atoms with E-state index in [2.05, 4.69) is 24.0 Å². The average molecular weight is 269 g/mol. The van der Waals surface area contributed by atoms with Crippen LogP contribution in [0.3, 0.4) is 0 Å². The summed E-state index contributed by atoms with van der Waals surface area (Å²) < 4.78 is 0. The van der Waals surface area contributed by atoms with Gasteiger partial charge in [0.2, 0.25) is 0 Å². The first-order valence-corrected chi connectivity index (χ1v) is 7.18. The predicted molar refractivity (Wildman–Crippen MR) is 80.1 cm³/mol. The van der Waals surface area contributed by atoms with Crippen LogP contribution >= 0.6 is 11.3 Å². The fourth-order valence-electron chi connectivity index (χ4n) is 2.21. The zero-order chi connectivity index (χ0) is 13.2. The van der Waals surface area contributed by atoms with E-state index in [1.54, 1.807) is 11.3 Å².